The van der Waals surface area contributed by atoms with Crippen LogP contribution in [0.4, 0.5) is 33.7 Å². The number of ether oxygens (including phenoxy) is 1. The maximum Gasteiger partial charge on any atom is 0.573 e. The van der Waals surface area contributed by atoms with E-state index in [-0.39, 0.29) is 24.2 Å². The van der Waals surface area contributed by atoms with Crippen molar-refractivity contribution in [2.24, 2.45) is 5.92 Å². The Balaban J connectivity index is 1.37. The van der Waals surface area contributed by atoms with Gasteiger partial charge < -0.3 is 25.6 Å². The van der Waals surface area contributed by atoms with E-state index in [2.05, 4.69) is 20.7 Å². The van der Waals surface area contributed by atoms with E-state index in [9.17, 15) is 31.9 Å². The molecule has 2 aromatic carbocycles. The molecule has 0 unspecified atom stereocenters. The number of rotatable bonds is 5. The number of likely N-dealkylation sites (tertiary alicyclic amines) is 1. The number of benzene rings is 2. The summed E-state index contributed by atoms with van der Waals surface area (Å²) < 4.78 is 53.2. The van der Waals surface area contributed by atoms with Gasteiger partial charge in [0.15, 0.2) is 0 Å². The van der Waals surface area contributed by atoms with Gasteiger partial charge in [0, 0.05) is 31.0 Å². The van der Waals surface area contributed by atoms with Gasteiger partial charge in [0.1, 0.15) is 11.6 Å². The Bertz CT molecular complexity index is 1010. The second-order valence-corrected chi connectivity index (χ2v) is 7.60. The zero-order chi connectivity index (χ0) is 24.7. The highest BCUT2D eigenvalue weighted by Crippen LogP contribution is 2.24. The van der Waals surface area contributed by atoms with Crippen LogP contribution in [-0.4, -0.2) is 48.7 Å². The monoisotopic (exact) mass is 482 g/mol. The summed E-state index contributed by atoms with van der Waals surface area (Å²) in [5, 5.41) is 7.51. The number of urea groups is 1. The summed E-state index contributed by atoms with van der Waals surface area (Å²) in [6.07, 6.45) is -3.61. The molecule has 0 atom stereocenters. The number of nitrogens with zero attached hydrogens (tertiary/aromatic N) is 1. The molecule has 4 amide bonds. The summed E-state index contributed by atoms with van der Waals surface area (Å²) in [6, 6.07) is 9.51. The molecule has 12 heteroatoms. The Morgan fingerprint density at radius 2 is 1.44 bits per heavy atom. The van der Waals surface area contributed by atoms with E-state index in [4.69, 9.17) is 0 Å². The minimum atomic E-state index is -4.83. The van der Waals surface area contributed by atoms with E-state index in [1.807, 2.05) is 0 Å². The Morgan fingerprint density at radius 1 is 0.882 bits per heavy atom. The van der Waals surface area contributed by atoms with Crippen molar-refractivity contribution < 1.29 is 36.7 Å². The van der Waals surface area contributed by atoms with Gasteiger partial charge in [-0.3, -0.25) is 9.59 Å². The SMILES string of the molecule is O=C(NCC1CCN(C(=O)Nc2ccc(F)cc2)CC1)C(=O)Nc1ccc(OC(F)(F)F)cc1. The molecular formula is C22H22F4N4O4. The van der Waals surface area contributed by atoms with Gasteiger partial charge in [0.2, 0.25) is 0 Å². The third-order valence-electron chi connectivity index (χ3n) is 5.10. The van der Waals surface area contributed by atoms with Gasteiger partial charge in [-0.05, 0) is 67.3 Å². The van der Waals surface area contributed by atoms with Crippen molar-refractivity contribution in [1.29, 1.82) is 0 Å². The molecule has 0 aromatic heterocycles. The Morgan fingerprint density at radius 3 is 2.03 bits per heavy atom. The van der Waals surface area contributed by atoms with Crippen LogP contribution in [0.3, 0.4) is 0 Å². The molecular weight excluding hydrogens is 460 g/mol. The van der Waals surface area contributed by atoms with E-state index in [0.29, 0.717) is 31.6 Å². The van der Waals surface area contributed by atoms with E-state index >= 15 is 0 Å². The number of hydrogen-bond acceptors (Lipinski definition) is 4. The molecule has 0 spiro atoms. The fraction of sp³-hybridized carbons (Fsp3) is 0.318. The fourth-order valence-corrected chi connectivity index (χ4v) is 3.32. The van der Waals surface area contributed by atoms with Gasteiger partial charge >= 0.3 is 24.2 Å². The average Bonchev–Trinajstić information content (AvgIpc) is 2.79. The van der Waals surface area contributed by atoms with Crippen LogP contribution in [0.5, 0.6) is 5.75 Å². The molecule has 0 bridgehead atoms. The third kappa shape index (κ3) is 7.64. The van der Waals surface area contributed by atoms with Crippen LogP contribution in [0.2, 0.25) is 0 Å². The lowest BCUT2D eigenvalue weighted by molar-refractivity contribution is -0.274. The topological polar surface area (TPSA) is 99.8 Å². The molecule has 2 aromatic rings. The van der Waals surface area contributed by atoms with Crippen LogP contribution in [-0.2, 0) is 9.59 Å². The lowest BCUT2D eigenvalue weighted by Gasteiger charge is -2.32. The quantitative estimate of drug-likeness (QED) is 0.447. The fourth-order valence-electron chi connectivity index (χ4n) is 3.32. The van der Waals surface area contributed by atoms with Crippen molar-refractivity contribution in [2.75, 3.05) is 30.3 Å². The average molecular weight is 482 g/mol. The highest BCUT2D eigenvalue weighted by Gasteiger charge is 2.31. The molecule has 8 nitrogen and oxygen atoms in total. The molecule has 1 aliphatic rings. The first-order valence-corrected chi connectivity index (χ1v) is 10.4. The standard InChI is InChI=1S/C22H22F4N4O4/c23-15-1-3-17(4-2-15)29-21(33)30-11-9-14(10-12-30)13-27-19(31)20(32)28-16-5-7-18(8-6-16)34-22(24,25)26/h1-8,14H,9-13H2,(H,27,31)(H,28,32)(H,29,33). The summed E-state index contributed by atoms with van der Waals surface area (Å²) >= 11 is 0. The van der Waals surface area contributed by atoms with E-state index in [1.54, 1.807) is 4.90 Å². The first-order chi connectivity index (χ1) is 16.1. The van der Waals surface area contributed by atoms with Crippen LogP contribution in [0.25, 0.3) is 0 Å². The molecule has 0 radical (unpaired) electrons. The largest absolute Gasteiger partial charge is 0.573 e. The minimum absolute atomic E-state index is 0.0606. The second-order valence-electron chi connectivity index (χ2n) is 7.60. The number of halogens is 4. The van der Waals surface area contributed by atoms with Crippen LogP contribution in [0.1, 0.15) is 12.8 Å². The van der Waals surface area contributed by atoms with Gasteiger partial charge in [-0.25, -0.2) is 9.18 Å². The van der Waals surface area contributed by atoms with Gasteiger partial charge in [-0.2, -0.15) is 0 Å². The molecule has 0 aliphatic carbocycles. The lowest BCUT2D eigenvalue weighted by Crippen LogP contribution is -2.44. The van der Waals surface area contributed by atoms with Gasteiger partial charge in [0.25, 0.3) is 0 Å². The molecule has 3 N–H and O–H groups in total. The first-order valence-electron chi connectivity index (χ1n) is 10.4. The molecule has 1 aliphatic heterocycles. The summed E-state index contributed by atoms with van der Waals surface area (Å²) in [7, 11) is 0. The predicted octanol–water partition coefficient (Wildman–Crippen LogP) is 3.72. The number of piperidine rings is 1. The van der Waals surface area contributed by atoms with E-state index < -0.39 is 29.7 Å². The third-order valence-corrected chi connectivity index (χ3v) is 5.10. The first kappa shape index (κ1) is 24.8. The molecule has 182 valence electrons. The van der Waals surface area contributed by atoms with Gasteiger partial charge in [0.05, 0.1) is 0 Å². The minimum Gasteiger partial charge on any atom is -0.406 e. The predicted molar refractivity (Wildman–Crippen MR) is 114 cm³/mol. The second kappa shape index (κ2) is 10.9. The number of hydrogen-bond donors (Lipinski definition) is 3. The maximum atomic E-state index is 13.0. The molecule has 1 fully saturated rings. The van der Waals surface area contributed by atoms with E-state index in [0.717, 1.165) is 12.1 Å². The van der Waals surface area contributed by atoms with Gasteiger partial charge in [-0.1, -0.05) is 0 Å². The van der Waals surface area contributed by atoms with Gasteiger partial charge in [-0.15, -0.1) is 13.2 Å². The van der Waals surface area contributed by atoms with Crippen LogP contribution in [0.15, 0.2) is 48.5 Å². The molecule has 34 heavy (non-hydrogen) atoms. The van der Waals surface area contributed by atoms with Crippen LogP contribution < -0.4 is 20.7 Å². The lowest BCUT2D eigenvalue weighted by atomic mass is 9.97. The maximum absolute atomic E-state index is 13.0. The van der Waals surface area contributed by atoms with Crippen molar-refractivity contribution >= 4 is 29.2 Å². The summed E-state index contributed by atoms with van der Waals surface area (Å²) in [5.74, 6) is -2.63. The van der Waals surface area contributed by atoms with Crippen molar-refractivity contribution in [3.8, 4) is 5.75 Å². The van der Waals surface area contributed by atoms with Crippen molar-refractivity contribution in [3.05, 3.63) is 54.3 Å². The smallest absolute Gasteiger partial charge is 0.406 e. The Kier molecular flexibility index (Phi) is 7.92. The number of alkyl halides is 3. The molecule has 1 saturated heterocycles. The highest BCUT2D eigenvalue weighted by atomic mass is 19.4. The summed E-state index contributed by atoms with van der Waals surface area (Å²) in [5.41, 5.74) is 0.615. The summed E-state index contributed by atoms with van der Waals surface area (Å²) in [6.45, 7) is 1.14. The highest BCUT2D eigenvalue weighted by molar-refractivity contribution is 6.39. The van der Waals surface area contributed by atoms with Crippen molar-refractivity contribution in [1.82, 2.24) is 10.2 Å². The van der Waals surface area contributed by atoms with Crippen LogP contribution in [0, 0.1) is 11.7 Å². The molecule has 3 rings (SSSR count). The normalized spacial score (nSPS) is 14.3. The number of anilines is 2. The van der Waals surface area contributed by atoms with Crippen LogP contribution >= 0.6 is 0 Å². The zero-order valence-corrected chi connectivity index (χ0v) is 17.8. The Labute approximate surface area is 192 Å². The number of carbonyl (C=O) groups is 3. The number of carbonyl (C=O) groups excluding carboxylic acids is 3. The van der Waals surface area contributed by atoms with Crippen molar-refractivity contribution in [2.45, 2.75) is 19.2 Å². The van der Waals surface area contributed by atoms with E-state index in [1.165, 1.54) is 36.4 Å². The number of nitrogens with one attached hydrogen (secondary N) is 3. The van der Waals surface area contributed by atoms with Crippen molar-refractivity contribution in [3.63, 3.8) is 0 Å². The molecule has 0 saturated carbocycles. The molecule has 1 heterocycles. The Hall–Kier alpha value is -3.83. The summed E-state index contributed by atoms with van der Waals surface area (Å²) in [4.78, 5) is 38.0. The number of amides is 4. The zero-order valence-electron chi connectivity index (χ0n) is 17.8.